The Bertz CT molecular complexity index is 736. The van der Waals surface area contributed by atoms with Crippen molar-refractivity contribution in [2.45, 2.75) is 19.8 Å². The van der Waals surface area contributed by atoms with E-state index in [1.807, 2.05) is 0 Å². The van der Waals surface area contributed by atoms with Gasteiger partial charge in [-0.05, 0) is 6.07 Å². The summed E-state index contributed by atoms with van der Waals surface area (Å²) >= 11 is 0. The summed E-state index contributed by atoms with van der Waals surface area (Å²) in [5.74, 6) is -3.53. The molecule has 3 N–H and O–H groups in total. The first kappa shape index (κ1) is 16.8. The SMILES string of the molecule is O=C(O)c1ncc(COCc2ccc(F)cc2F)c(CO)c1O. The summed E-state index contributed by atoms with van der Waals surface area (Å²) in [5.41, 5.74) is -0.215. The molecule has 0 unspecified atom stereocenters. The summed E-state index contributed by atoms with van der Waals surface area (Å²) in [6, 6.07) is 3.06. The van der Waals surface area contributed by atoms with Gasteiger partial charge in [-0.25, -0.2) is 18.6 Å². The number of hydrogen-bond acceptors (Lipinski definition) is 5. The van der Waals surface area contributed by atoms with Crippen molar-refractivity contribution < 1.29 is 33.6 Å². The van der Waals surface area contributed by atoms with Gasteiger partial charge in [0.05, 0.1) is 19.8 Å². The summed E-state index contributed by atoms with van der Waals surface area (Å²) in [7, 11) is 0. The number of aromatic nitrogens is 1. The molecule has 0 radical (unpaired) electrons. The number of carboxylic acid groups (broad SMARTS) is 1. The van der Waals surface area contributed by atoms with Gasteiger partial charge in [-0.2, -0.15) is 0 Å². The Morgan fingerprint density at radius 1 is 1.22 bits per heavy atom. The minimum absolute atomic E-state index is 0.0306. The third kappa shape index (κ3) is 3.79. The van der Waals surface area contributed by atoms with E-state index in [9.17, 15) is 23.8 Å². The Balaban J connectivity index is 2.11. The summed E-state index contributed by atoms with van der Waals surface area (Å²) in [5, 5.41) is 27.9. The standard InChI is InChI=1S/C15H13F2NO5/c16-10-2-1-8(12(17)3-10)6-23-7-9-4-18-13(15(21)22)14(20)11(9)5-19/h1-4,19-20H,5-7H2,(H,21,22). The van der Waals surface area contributed by atoms with Crippen molar-refractivity contribution in [1.82, 2.24) is 4.98 Å². The molecule has 2 aromatic rings. The van der Waals surface area contributed by atoms with Crippen LogP contribution in [0.5, 0.6) is 5.75 Å². The highest BCUT2D eigenvalue weighted by Gasteiger charge is 2.18. The lowest BCUT2D eigenvalue weighted by Crippen LogP contribution is -2.07. The van der Waals surface area contributed by atoms with Crippen LogP contribution < -0.4 is 0 Å². The van der Waals surface area contributed by atoms with Crippen molar-refractivity contribution >= 4 is 5.97 Å². The number of aliphatic hydroxyl groups excluding tert-OH is 1. The smallest absolute Gasteiger partial charge is 0.358 e. The van der Waals surface area contributed by atoms with Crippen LogP contribution in [0, 0.1) is 11.6 Å². The summed E-state index contributed by atoms with van der Waals surface area (Å²) < 4.78 is 31.5. The number of hydrogen-bond donors (Lipinski definition) is 3. The first-order valence-corrected chi connectivity index (χ1v) is 6.49. The molecule has 1 aromatic heterocycles. The number of pyridine rings is 1. The summed E-state index contributed by atoms with van der Waals surface area (Å²) in [6.07, 6.45) is 1.15. The highest BCUT2D eigenvalue weighted by Crippen LogP contribution is 2.25. The molecule has 2 rings (SSSR count). The van der Waals surface area contributed by atoms with Gasteiger partial charge in [0.2, 0.25) is 0 Å². The second-order valence-corrected chi connectivity index (χ2v) is 4.65. The number of ether oxygens (including phenoxy) is 1. The van der Waals surface area contributed by atoms with Crippen LogP contribution in [0.4, 0.5) is 8.78 Å². The molecule has 0 fully saturated rings. The fourth-order valence-corrected chi connectivity index (χ4v) is 1.94. The molecule has 0 aliphatic heterocycles. The maximum Gasteiger partial charge on any atom is 0.358 e. The molecular weight excluding hydrogens is 312 g/mol. The van der Waals surface area contributed by atoms with E-state index in [-0.39, 0.29) is 29.9 Å². The molecule has 0 aliphatic rings. The quantitative estimate of drug-likeness (QED) is 0.751. The van der Waals surface area contributed by atoms with Crippen LogP contribution in [-0.2, 0) is 24.6 Å². The lowest BCUT2D eigenvalue weighted by atomic mass is 10.1. The summed E-state index contributed by atoms with van der Waals surface area (Å²) in [4.78, 5) is 14.4. The van der Waals surface area contributed by atoms with E-state index in [1.54, 1.807) is 0 Å². The fourth-order valence-electron chi connectivity index (χ4n) is 1.94. The third-order valence-corrected chi connectivity index (χ3v) is 3.14. The van der Waals surface area contributed by atoms with Crippen LogP contribution >= 0.6 is 0 Å². The number of halogens is 2. The largest absolute Gasteiger partial charge is 0.505 e. The van der Waals surface area contributed by atoms with Crippen molar-refractivity contribution in [3.63, 3.8) is 0 Å². The van der Waals surface area contributed by atoms with E-state index in [0.717, 1.165) is 18.3 Å². The van der Waals surface area contributed by atoms with E-state index in [2.05, 4.69) is 4.98 Å². The molecule has 8 heteroatoms. The second kappa shape index (κ2) is 7.12. The van der Waals surface area contributed by atoms with Crippen molar-refractivity contribution in [2.24, 2.45) is 0 Å². The fraction of sp³-hybridized carbons (Fsp3) is 0.200. The molecule has 23 heavy (non-hydrogen) atoms. The van der Waals surface area contributed by atoms with Gasteiger partial charge in [0.25, 0.3) is 0 Å². The zero-order valence-electron chi connectivity index (χ0n) is 11.8. The number of rotatable bonds is 6. The minimum atomic E-state index is -1.43. The van der Waals surface area contributed by atoms with E-state index in [1.165, 1.54) is 6.07 Å². The molecule has 0 saturated carbocycles. The number of aromatic carboxylic acids is 1. The number of aliphatic hydroxyl groups is 1. The molecule has 0 saturated heterocycles. The van der Waals surface area contributed by atoms with Gasteiger partial charge >= 0.3 is 5.97 Å². The Kier molecular flexibility index (Phi) is 5.20. The number of benzene rings is 1. The molecule has 0 bridgehead atoms. The molecule has 122 valence electrons. The van der Waals surface area contributed by atoms with E-state index in [4.69, 9.17) is 9.84 Å². The number of carboxylic acids is 1. The van der Waals surface area contributed by atoms with Gasteiger partial charge in [0, 0.05) is 29.0 Å². The van der Waals surface area contributed by atoms with Crippen LogP contribution in [0.2, 0.25) is 0 Å². The Morgan fingerprint density at radius 3 is 2.52 bits per heavy atom. The molecule has 0 amide bonds. The van der Waals surface area contributed by atoms with Crippen LogP contribution in [0.25, 0.3) is 0 Å². The highest BCUT2D eigenvalue weighted by molar-refractivity contribution is 5.89. The Hall–Kier alpha value is -2.58. The van der Waals surface area contributed by atoms with Crippen molar-refractivity contribution in [3.05, 3.63) is 58.4 Å². The number of aromatic hydroxyl groups is 1. The molecule has 6 nitrogen and oxygen atoms in total. The number of nitrogens with zero attached hydrogens (tertiary/aromatic N) is 1. The maximum atomic E-state index is 13.4. The predicted octanol–water partition coefficient (Wildman–Crippen LogP) is 1.97. The highest BCUT2D eigenvalue weighted by atomic mass is 19.1. The van der Waals surface area contributed by atoms with Crippen LogP contribution in [0.1, 0.15) is 27.2 Å². The average Bonchev–Trinajstić information content (AvgIpc) is 2.49. The van der Waals surface area contributed by atoms with Gasteiger partial charge in [0.1, 0.15) is 11.6 Å². The first-order chi connectivity index (χ1) is 10.9. The Labute approximate surface area is 129 Å². The monoisotopic (exact) mass is 325 g/mol. The maximum absolute atomic E-state index is 13.4. The molecule has 1 heterocycles. The number of carbonyl (C=O) groups is 1. The topological polar surface area (TPSA) is 99.9 Å². The van der Waals surface area contributed by atoms with Gasteiger partial charge in [-0.1, -0.05) is 6.07 Å². The average molecular weight is 325 g/mol. The second-order valence-electron chi connectivity index (χ2n) is 4.65. The zero-order valence-corrected chi connectivity index (χ0v) is 11.8. The van der Waals surface area contributed by atoms with E-state index < -0.39 is 35.7 Å². The zero-order chi connectivity index (χ0) is 17.0. The Morgan fingerprint density at radius 2 is 1.91 bits per heavy atom. The van der Waals surface area contributed by atoms with Gasteiger partial charge in [-0.15, -0.1) is 0 Å². The predicted molar refractivity (Wildman–Crippen MR) is 73.6 cm³/mol. The molecule has 1 aromatic carbocycles. The minimum Gasteiger partial charge on any atom is -0.505 e. The molecule has 0 spiro atoms. The van der Waals surface area contributed by atoms with Crippen LogP contribution in [0.3, 0.4) is 0 Å². The first-order valence-electron chi connectivity index (χ1n) is 6.49. The third-order valence-electron chi connectivity index (χ3n) is 3.14. The van der Waals surface area contributed by atoms with Gasteiger partial charge in [-0.3, -0.25) is 0 Å². The molecule has 0 aliphatic carbocycles. The summed E-state index contributed by atoms with van der Waals surface area (Å²) in [6.45, 7) is -0.927. The lowest BCUT2D eigenvalue weighted by Gasteiger charge is -2.11. The molecular formula is C15H13F2NO5. The van der Waals surface area contributed by atoms with E-state index >= 15 is 0 Å². The normalized spacial score (nSPS) is 10.7. The lowest BCUT2D eigenvalue weighted by molar-refractivity contribution is 0.0685. The van der Waals surface area contributed by atoms with Gasteiger partial charge < -0.3 is 20.1 Å². The van der Waals surface area contributed by atoms with Crippen molar-refractivity contribution in [1.29, 1.82) is 0 Å². The van der Waals surface area contributed by atoms with Gasteiger partial charge in [0.15, 0.2) is 11.4 Å². The molecule has 0 atom stereocenters. The van der Waals surface area contributed by atoms with Crippen molar-refractivity contribution in [3.8, 4) is 5.75 Å². The van der Waals surface area contributed by atoms with Crippen LogP contribution in [0.15, 0.2) is 24.4 Å². The van der Waals surface area contributed by atoms with E-state index in [0.29, 0.717) is 0 Å². The van der Waals surface area contributed by atoms with Crippen LogP contribution in [-0.4, -0.2) is 26.3 Å². The van der Waals surface area contributed by atoms with Crippen molar-refractivity contribution in [2.75, 3.05) is 0 Å².